The molecule has 29 heavy (non-hydrogen) atoms. The van der Waals surface area contributed by atoms with Gasteiger partial charge in [-0.3, -0.25) is 14.7 Å². The van der Waals surface area contributed by atoms with Crippen LogP contribution in [-0.4, -0.2) is 22.1 Å². The molecule has 0 aliphatic rings. The molecule has 0 spiro atoms. The van der Waals surface area contributed by atoms with Gasteiger partial charge in [0.1, 0.15) is 0 Å². The highest BCUT2D eigenvalue weighted by Gasteiger charge is 2.21. The van der Waals surface area contributed by atoms with Gasteiger partial charge in [0.25, 0.3) is 0 Å². The maximum Gasteiger partial charge on any atom is 0.233 e. The minimum atomic E-state index is 0.0292. The monoisotopic (exact) mass is 419 g/mol. The lowest BCUT2D eigenvalue weighted by Gasteiger charge is -2.20. The Balaban J connectivity index is 1.65. The molecule has 4 nitrogen and oxygen atoms in total. The number of aryl methyl sites for hydroxylation is 1. The van der Waals surface area contributed by atoms with Crippen molar-refractivity contribution >= 4 is 44.4 Å². The second-order valence-corrected chi connectivity index (χ2v) is 8.72. The van der Waals surface area contributed by atoms with Crippen LogP contribution in [0.5, 0.6) is 0 Å². The standard InChI is InChI=1S/C23H21N3OS2/c1-16-5-10-20-21(12-16)29-23(25-20)26(15-18-4-3-11-24-14-18)22(27)13-17-6-8-19(28-2)9-7-17/h3-12,14H,13,15H2,1-2H3. The first-order valence-corrected chi connectivity index (χ1v) is 11.4. The molecular weight excluding hydrogens is 398 g/mol. The molecule has 2 aromatic carbocycles. The zero-order valence-corrected chi connectivity index (χ0v) is 18.0. The Kier molecular flexibility index (Phi) is 5.92. The molecule has 2 heterocycles. The number of carbonyl (C=O) groups is 1. The summed E-state index contributed by atoms with van der Waals surface area (Å²) in [4.78, 5) is 25.2. The first kappa shape index (κ1) is 19.6. The number of nitrogens with zero attached hydrogens (tertiary/aromatic N) is 3. The molecule has 146 valence electrons. The number of thiazole rings is 1. The lowest BCUT2D eigenvalue weighted by molar-refractivity contribution is -0.118. The highest BCUT2D eigenvalue weighted by molar-refractivity contribution is 7.98. The molecule has 4 rings (SSSR count). The number of amides is 1. The van der Waals surface area contributed by atoms with Gasteiger partial charge in [-0.05, 0) is 60.2 Å². The molecule has 0 saturated carbocycles. The van der Waals surface area contributed by atoms with Crippen LogP contribution in [0.1, 0.15) is 16.7 Å². The predicted octanol–water partition coefficient (Wildman–Crippen LogP) is 5.50. The summed E-state index contributed by atoms with van der Waals surface area (Å²) in [6, 6.07) is 18.2. The zero-order chi connectivity index (χ0) is 20.2. The lowest BCUT2D eigenvalue weighted by Crippen LogP contribution is -2.31. The van der Waals surface area contributed by atoms with E-state index < -0.39 is 0 Å². The Bertz CT molecular complexity index is 1120. The van der Waals surface area contributed by atoms with E-state index in [1.807, 2.05) is 42.7 Å². The van der Waals surface area contributed by atoms with Crippen molar-refractivity contribution in [2.24, 2.45) is 0 Å². The predicted molar refractivity (Wildman–Crippen MR) is 122 cm³/mol. The number of anilines is 1. The third kappa shape index (κ3) is 4.66. The van der Waals surface area contributed by atoms with Gasteiger partial charge in [0, 0.05) is 17.3 Å². The van der Waals surface area contributed by atoms with E-state index in [1.165, 1.54) is 10.5 Å². The molecule has 0 fully saturated rings. The van der Waals surface area contributed by atoms with Crippen molar-refractivity contribution in [3.8, 4) is 0 Å². The number of fused-ring (bicyclic) bond motifs is 1. The summed E-state index contributed by atoms with van der Waals surface area (Å²) in [5.41, 5.74) is 4.09. The van der Waals surface area contributed by atoms with Gasteiger partial charge < -0.3 is 0 Å². The Morgan fingerprint density at radius 3 is 2.66 bits per heavy atom. The third-order valence-corrected chi connectivity index (χ3v) is 6.43. The molecule has 2 aromatic heterocycles. The first-order chi connectivity index (χ1) is 14.1. The number of pyridine rings is 1. The molecule has 0 aliphatic carbocycles. The van der Waals surface area contributed by atoms with E-state index >= 15 is 0 Å². The van der Waals surface area contributed by atoms with E-state index in [1.54, 1.807) is 40.4 Å². The highest BCUT2D eigenvalue weighted by atomic mass is 32.2. The van der Waals surface area contributed by atoms with Crippen LogP contribution in [0.3, 0.4) is 0 Å². The van der Waals surface area contributed by atoms with Crippen LogP contribution in [0.15, 0.2) is 71.9 Å². The van der Waals surface area contributed by atoms with Crippen molar-refractivity contribution in [1.82, 2.24) is 9.97 Å². The second-order valence-electron chi connectivity index (χ2n) is 6.83. The van der Waals surface area contributed by atoms with E-state index in [9.17, 15) is 4.79 Å². The van der Waals surface area contributed by atoms with Gasteiger partial charge >= 0.3 is 0 Å². The van der Waals surface area contributed by atoms with Crippen molar-refractivity contribution in [2.75, 3.05) is 11.2 Å². The lowest BCUT2D eigenvalue weighted by atomic mass is 10.1. The second kappa shape index (κ2) is 8.76. The number of benzene rings is 2. The van der Waals surface area contributed by atoms with Crippen molar-refractivity contribution in [3.63, 3.8) is 0 Å². The van der Waals surface area contributed by atoms with Gasteiger partial charge in [0.05, 0.1) is 23.2 Å². The van der Waals surface area contributed by atoms with E-state index in [2.05, 4.69) is 30.1 Å². The summed E-state index contributed by atoms with van der Waals surface area (Å²) in [5, 5.41) is 0.722. The number of thioether (sulfide) groups is 1. The minimum absolute atomic E-state index is 0.0292. The maximum atomic E-state index is 13.3. The Labute approximate surface area is 178 Å². The average molecular weight is 420 g/mol. The van der Waals surface area contributed by atoms with E-state index in [4.69, 9.17) is 4.98 Å². The van der Waals surface area contributed by atoms with Gasteiger partial charge in [-0.2, -0.15) is 0 Å². The van der Waals surface area contributed by atoms with Crippen LogP contribution in [0.2, 0.25) is 0 Å². The van der Waals surface area contributed by atoms with Gasteiger partial charge in [-0.25, -0.2) is 4.98 Å². The summed E-state index contributed by atoms with van der Waals surface area (Å²) in [7, 11) is 0. The smallest absolute Gasteiger partial charge is 0.233 e. The molecule has 0 unspecified atom stereocenters. The molecule has 0 atom stereocenters. The number of rotatable bonds is 6. The summed E-state index contributed by atoms with van der Waals surface area (Å²) in [6.45, 7) is 2.52. The van der Waals surface area contributed by atoms with Crippen LogP contribution in [0, 0.1) is 6.92 Å². The van der Waals surface area contributed by atoms with E-state index in [0.29, 0.717) is 13.0 Å². The van der Waals surface area contributed by atoms with Crippen LogP contribution in [0.4, 0.5) is 5.13 Å². The Morgan fingerprint density at radius 2 is 1.93 bits per heavy atom. The van der Waals surface area contributed by atoms with Gasteiger partial charge in [0.2, 0.25) is 5.91 Å². The summed E-state index contributed by atoms with van der Waals surface area (Å²) in [5.74, 6) is 0.0292. The SMILES string of the molecule is CSc1ccc(CC(=O)N(Cc2cccnc2)c2nc3ccc(C)cc3s2)cc1. The highest BCUT2D eigenvalue weighted by Crippen LogP contribution is 2.31. The van der Waals surface area contributed by atoms with Crippen molar-refractivity contribution < 1.29 is 4.79 Å². The van der Waals surface area contributed by atoms with E-state index in [-0.39, 0.29) is 5.91 Å². The third-order valence-electron chi connectivity index (χ3n) is 4.64. The fourth-order valence-electron chi connectivity index (χ4n) is 3.09. The van der Waals surface area contributed by atoms with Crippen LogP contribution < -0.4 is 4.90 Å². The molecule has 0 saturated heterocycles. The Morgan fingerprint density at radius 1 is 1.10 bits per heavy atom. The number of aromatic nitrogens is 2. The number of carbonyl (C=O) groups excluding carboxylic acids is 1. The van der Waals surface area contributed by atoms with Crippen LogP contribution >= 0.6 is 23.1 Å². The summed E-state index contributed by atoms with van der Waals surface area (Å²) < 4.78 is 1.09. The molecule has 0 radical (unpaired) electrons. The normalized spacial score (nSPS) is 11.0. The molecule has 4 aromatic rings. The zero-order valence-electron chi connectivity index (χ0n) is 16.3. The first-order valence-electron chi connectivity index (χ1n) is 9.32. The molecular formula is C23H21N3OS2. The minimum Gasteiger partial charge on any atom is -0.283 e. The van der Waals surface area contributed by atoms with Gasteiger partial charge in [0.15, 0.2) is 5.13 Å². The van der Waals surface area contributed by atoms with E-state index in [0.717, 1.165) is 26.5 Å². The topological polar surface area (TPSA) is 46.1 Å². The number of hydrogen-bond acceptors (Lipinski definition) is 5. The molecule has 1 amide bonds. The van der Waals surface area contributed by atoms with Crippen molar-refractivity contribution in [3.05, 3.63) is 83.7 Å². The van der Waals surface area contributed by atoms with Crippen molar-refractivity contribution in [2.45, 2.75) is 24.8 Å². The molecule has 6 heteroatoms. The molecule has 0 N–H and O–H groups in total. The summed E-state index contributed by atoms with van der Waals surface area (Å²) >= 11 is 3.25. The fourth-order valence-corrected chi connectivity index (χ4v) is 4.57. The number of hydrogen-bond donors (Lipinski definition) is 0. The quantitative estimate of drug-likeness (QED) is 0.387. The maximum absolute atomic E-state index is 13.3. The van der Waals surface area contributed by atoms with Crippen LogP contribution in [0.25, 0.3) is 10.2 Å². The van der Waals surface area contributed by atoms with Crippen molar-refractivity contribution in [1.29, 1.82) is 0 Å². The fraction of sp³-hybridized carbons (Fsp3) is 0.174. The van der Waals surface area contributed by atoms with Crippen LogP contribution in [-0.2, 0) is 17.8 Å². The Hall–Kier alpha value is -2.70. The largest absolute Gasteiger partial charge is 0.283 e. The average Bonchev–Trinajstić information content (AvgIpc) is 3.16. The molecule has 0 bridgehead atoms. The van der Waals surface area contributed by atoms with Gasteiger partial charge in [-0.15, -0.1) is 11.8 Å². The molecule has 0 aliphatic heterocycles. The van der Waals surface area contributed by atoms with Gasteiger partial charge in [-0.1, -0.05) is 35.6 Å². The summed E-state index contributed by atoms with van der Waals surface area (Å²) in [6.07, 6.45) is 5.92.